The molecule has 0 aliphatic heterocycles. The Morgan fingerprint density at radius 2 is 0.603 bits per heavy atom. The zero-order chi connectivity index (χ0) is 38.7. The maximum atomic E-state index is 2.43. The van der Waals surface area contributed by atoms with Gasteiger partial charge in [0, 0.05) is 62.0 Å². The lowest BCUT2D eigenvalue weighted by molar-refractivity contribution is 1.18. The Morgan fingerprint density at radius 1 is 0.259 bits per heavy atom. The van der Waals surface area contributed by atoms with Crippen molar-refractivity contribution in [2.24, 2.45) is 0 Å². The summed E-state index contributed by atoms with van der Waals surface area (Å²) in [5, 5.41) is 2.38. The van der Waals surface area contributed by atoms with Gasteiger partial charge in [-0.05, 0) is 115 Å². The summed E-state index contributed by atoms with van der Waals surface area (Å²) >= 11 is 0. The van der Waals surface area contributed by atoms with Gasteiger partial charge >= 0.3 is 0 Å². The summed E-state index contributed by atoms with van der Waals surface area (Å²) < 4.78 is 2.39. The Bertz CT molecular complexity index is 2740. The van der Waals surface area contributed by atoms with E-state index in [4.69, 9.17) is 0 Å². The molecule has 0 radical (unpaired) electrons. The van der Waals surface area contributed by atoms with Crippen molar-refractivity contribution in [3.05, 3.63) is 243 Å². The van der Waals surface area contributed by atoms with Crippen LogP contribution < -0.4 is 14.7 Å². The van der Waals surface area contributed by atoms with E-state index in [9.17, 15) is 0 Å². The highest BCUT2D eigenvalue weighted by atomic mass is 15.2. The number of anilines is 9. The molecule has 0 saturated carbocycles. The smallest absolute Gasteiger partial charge is 0.0562 e. The molecule has 0 aliphatic rings. The van der Waals surface area contributed by atoms with Crippen molar-refractivity contribution >= 4 is 73.0 Å². The molecule has 1 aromatic heterocycles. The van der Waals surface area contributed by atoms with Crippen LogP contribution in [0.4, 0.5) is 51.2 Å². The Morgan fingerprint density at radius 3 is 1.07 bits per heavy atom. The molecule has 0 aliphatic carbocycles. The van der Waals surface area contributed by atoms with Crippen LogP contribution in [0.15, 0.2) is 243 Å². The van der Waals surface area contributed by atoms with E-state index in [0.29, 0.717) is 0 Å². The summed E-state index contributed by atoms with van der Waals surface area (Å²) in [4.78, 5) is 7.08. The quantitative estimate of drug-likeness (QED) is 0.139. The van der Waals surface area contributed by atoms with Gasteiger partial charge in [0.05, 0.1) is 16.7 Å². The number of nitrogens with zero attached hydrogens (tertiary/aromatic N) is 4. The van der Waals surface area contributed by atoms with Crippen LogP contribution in [0.1, 0.15) is 0 Å². The van der Waals surface area contributed by atoms with Gasteiger partial charge in [0.25, 0.3) is 0 Å². The number of benzene rings is 9. The molecular weight excluding hydrogens is 705 g/mol. The van der Waals surface area contributed by atoms with Crippen molar-refractivity contribution in [2.45, 2.75) is 0 Å². The minimum Gasteiger partial charge on any atom is -0.310 e. The van der Waals surface area contributed by atoms with E-state index < -0.39 is 0 Å². The van der Waals surface area contributed by atoms with E-state index in [0.717, 1.165) is 67.9 Å². The van der Waals surface area contributed by atoms with Gasteiger partial charge in [-0.3, -0.25) is 0 Å². The summed E-state index contributed by atoms with van der Waals surface area (Å²) in [7, 11) is 0. The van der Waals surface area contributed by atoms with Crippen LogP contribution in [0, 0.1) is 0 Å². The van der Waals surface area contributed by atoms with Crippen LogP contribution in [0.2, 0.25) is 0 Å². The molecule has 0 bridgehead atoms. The zero-order valence-corrected chi connectivity index (χ0v) is 31.9. The average molecular weight is 745 g/mol. The fraction of sp³-hybridized carbons (Fsp3) is 0. The van der Waals surface area contributed by atoms with Crippen molar-refractivity contribution in [1.29, 1.82) is 0 Å². The minimum atomic E-state index is 1.04. The van der Waals surface area contributed by atoms with E-state index in [-0.39, 0.29) is 0 Å². The van der Waals surface area contributed by atoms with Crippen molar-refractivity contribution in [1.82, 2.24) is 4.57 Å². The molecule has 0 spiro atoms. The molecule has 1 heterocycles. The van der Waals surface area contributed by atoms with E-state index in [1.54, 1.807) is 0 Å². The topological polar surface area (TPSA) is 14.7 Å². The monoisotopic (exact) mass is 744 g/mol. The summed E-state index contributed by atoms with van der Waals surface area (Å²) in [5.74, 6) is 0. The Kier molecular flexibility index (Phi) is 9.18. The summed E-state index contributed by atoms with van der Waals surface area (Å²) in [6, 6.07) is 86.4. The Balaban J connectivity index is 1.23. The molecular formula is C54H40N4. The highest BCUT2D eigenvalue weighted by Gasteiger charge is 2.23. The van der Waals surface area contributed by atoms with Gasteiger partial charge in [-0.25, -0.2) is 0 Å². The van der Waals surface area contributed by atoms with Crippen LogP contribution >= 0.6 is 0 Å². The van der Waals surface area contributed by atoms with E-state index >= 15 is 0 Å². The van der Waals surface area contributed by atoms with Crippen LogP contribution in [-0.2, 0) is 0 Å². The molecule has 4 heteroatoms. The van der Waals surface area contributed by atoms with Gasteiger partial charge in [0.2, 0.25) is 0 Å². The van der Waals surface area contributed by atoms with Crippen LogP contribution in [0.3, 0.4) is 0 Å². The molecule has 0 atom stereocenters. The van der Waals surface area contributed by atoms with Gasteiger partial charge in [-0.2, -0.15) is 0 Å². The lowest BCUT2D eigenvalue weighted by Gasteiger charge is -2.31. The third-order valence-electron chi connectivity index (χ3n) is 10.7. The zero-order valence-electron chi connectivity index (χ0n) is 31.9. The normalized spacial score (nSPS) is 11.1. The predicted octanol–water partition coefficient (Wildman–Crippen LogP) is 15.2. The lowest BCUT2D eigenvalue weighted by atomic mass is 10.1. The predicted molar refractivity (Wildman–Crippen MR) is 245 cm³/mol. The van der Waals surface area contributed by atoms with E-state index in [2.05, 4.69) is 262 Å². The molecule has 4 nitrogen and oxygen atoms in total. The first-order valence-corrected chi connectivity index (χ1v) is 19.7. The first kappa shape index (κ1) is 34.7. The van der Waals surface area contributed by atoms with E-state index in [1.807, 2.05) is 0 Å². The third-order valence-corrected chi connectivity index (χ3v) is 10.7. The summed E-state index contributed by atoms with van der Waals surface area (Å²) in [5.41, 5.74) is 13.1. The van der Waals surface area contributed by atoms with E-state index in [1.165, 1.54) is 10.8 Å². The number of para-hydroxylation sites is 6. The second-order valence-corrected chi connectivity index (χ2v) is 14.2. The number of hydrogen-bond donors (Lipinski definition) is 0. The second kappa shape index (κ2) is 15.4. The SMILES string of the molecule is c1ccc(N(c2ccccc2)c2cccc(N(c3cccc(N(c4ccccc4)c4ccccc4)c3)c3cccc4c3c3ccccc3n4-c3ccccc3)c2)cc1. The number of aromatic nitrogens is 1. The minimum absolute atomic E-state index is 1.04. The van der Waals surface area contributed by atoms with Crippen LogP contribution in [0.5, 0.6) is 0 Å². The van der Waals surface area contributed by atoms with Gasteiger partial charge in [0.15, 0.2) is 0 Å². The maximum Gasteiger partial charge on any atom is 0.0562 e. The van der Waals surface area contributed by atoms with Crippen LogP contribution in [-0.4, -0.2) is 4.57 Å². The Hall–Kier alpha value is -7.82. The molecule has 276 valence electrons. The van der Waals surface area contributed by atoms with Crippen molar-refractivity contribution in [3.8, 4) is 5.69 Å². The number of hydrogen-bond acceptors (Lipinski definition) is 3. The van der Waals surface area contributed by atoms with Crippen LogP contribution in [0.25, 0.3) is 27.5 Å². The molecule has 0 fully saturated rings. The highest BCUT2D eigenvalue weighted by Crippen LogP contribution is 2.47. The van der Waals surface area contributed by atoms with Gasteiger partial charge in [-0.15, -0.1) is 0 Å². The van der Waals surface area contributed by atoms with Gasteiger partial charge in [-0.1, -0.05) is 127 Å². The summed E-state index contributed by atoms with van der Waals surface area (Å²) in [6.07, 6.45) is 0. The molecule has 0 unspecified atom stereocenters. The van der Waals surface area contributed by atoms with Crippen molar-refractivity contribution < 1.29 is 0 Å². The number of rotatable bonds is 10. The third kappa shape index (κ3) is 6.43. The van der Waals surface area contributed by atoms with Crippen molar-refractivity contribution in [2.75, 3.05) is 14.7 Å². The molecule has 0 N–H and O–H groups in total. The average Bonchev–Trinajstić information content (AvgIpc) is 3.64. The molecule has 0 saturated heterocycles. The number of fused-ring (bicyclic) bond motifs is 3. The lowest BCUT2D eigenvalue weighted by Crippen LogP contribution is -2.14. The highest BCUT2D eigenvalue weighted by molar-refractivity contribution is 6.16. The fourth-order valence-corrected chi connectivity index (χ4v) is 8.21. The van der Waals surface area contributed by atoms with Gasteiger partial charge < -0.3 is 19.3 Å². The first-order chi connectivity index (χ1) is 28.8. The summed E-state index contributed by atoms with van der Waals surface area (Å²) in [6.45, 7) is 0. The molecule has 0 amide bonds. The second-order valence-electron chi connectivity index (χ2n) is 14.2. The Labute approximate surface area is 339 Å². The fourth-order valence-electron chi connectivity index (χ4n) is 8.21. The molecule has 9 aromatic carbocycles. The molecule has 58 heavy (non-hydrogen) atoms. The molecule has 10 aromatic rings. The first-order valence-electron chi connectivity index (χ1n) is 19.7. The molecule has 10 rings (SSSR count). The maximum absolute atomic E-state index is 2.43. The largest absolute Gasteiger partial charge is 0.310 e. The standard InChI is InChI=1S/C54H40N4/c1-6-21-41(22-7-1)55(42-23-8-2-9-24-42)46-31-18-33-48(39-46)57(49-34-19-32-47(40-49)56(43-25-10-3-11-26-43)44-27-12-4-13-28-44)52-37-20-38-53-54(52)50-35-16-17-36-51(50)58(53)45-29-14-5-15-30-45/h1-40H. The van der Waals surface area contributed by atoms with Gasteiger partial charge in [0.1, 0.15) is 0 Å². The van der Waals surface area contributed by atoms with Crippen molar-refractivity contribution in [3.63, 3.8) is 0 Å².